The molecule has 0 amide bonds. The fourth-order valence-electron chi connectivity index (χ4n) is 4.30. The third-order valence-electron chi connectivity index (χ3n) is 6.06. The number of nitrogens with one attached hydrogen (secondary N) is 4. The highest BCUT2D eigenvalue weighted by atomic mass is 16.5. The highest BCUT2D eigenvalue weighted by Gasteiger charge is 2.19. The molecule has 32 heavy (non-hydrogen) atoms. The maximum atomic E-state index is 5.49. The average molecular weight is 437 g/mol. The number of benzene rings is 1. The van der Waals surface area contributed by atoms with Crippen LogP contribution in [0.1, 0.15) is 26.2 Å². The molecule has 0 spiro atoms. The highest BCUT2D eigenvalue weighted by molar-refractivity contribution is 5.84. The summed E-state index contributed by atoms with van der Waals surface area (Å²) in [6.07, 6.45) is 5.17. The van der Waals surface area contributed by atoms with Crippen molar-refractivity contribution in [3.05, 3.63) is 24.4 Å². The second-order valence-electron chi connectivity index (χ2n) is 8.46. The summed E-state index contributed by atoms with van der Waals surface area (Å²) in [6.45, 7) is 8.36. The van der Waals surface area contributed by atoms with E-state index in [1.165, 1.54) is 5.69 Å². The molecule has 4 N–H and O–H groups in total. The van der Waals surface area contributed by atoms with Gasteiger partial charge in [-0.2, -0.15) is 4.98 Å². The van der Waals surface area contributed by atoms with E-state index in [0.717, 1.165) is 93.4 Å². The van der Waals surface area contributed by atoms with E-state index in [1.807, 2.05) is 6.20 Å². The van der Waals surface area contributed by atoms with E-state index in [4.69, 9.17) is 14.7 Å². The van der Waals surface area contributed by atoms with Crippen molar-refractivity contribution in [3.8, 4) is 11.4 Å². The Kier molecular flexibility index (Phi) is 6.36. The molecule has 5 rings (SSSR count). The number of fused-ring (bicyclic) bond motifs is 1. The Balaban J connectivity index is 1.46. The van der Waals surface area contributed by atoms with Gasteiger partial charge in [-0.25, -0.2) is 9.97 Å². The Labute approximate surface area is 188 Å². The van der Waals surface area contributed by atoms with Crippen LogP contribution in [0.25, 0.3) is 22.4 Å². The molecular formula is C23H32N8O. The molecule has 2 aliphatic heterocycles. The molecule has 2 aliphatic rings. The monoisotopic (exact) mass is 436 g/mol. The van der Waals surface area contributed by atoms with Crippen molar-refractivity contribution in [1.82, 2.24) is 25.3 Å². The Hall–Kier alpha value is -2.91. The topological polar surface area (TPSA) is 103 Å². The summed E-state index contributed by atoms with van der Waals surface area (Å²) in [5.74, 6) is 2.25. The van der Waals surface area contributed by atoms with E-state index in [1.54, 1.807) is 0 Å². The van der Waals surface area contributed by atoms with Gasteiger partial charge < -0.3 is 30.6 Å². The molecule has 1 aromatic carbocycles. The van der Waals surface area contributed by atoms with E-state index < -0.39 is 0 Å². The molecule has 3 aromatic rings. The van der Waals surface area contributed by atoms with Crippen LogP contribution in [-0.2, 0) is 4.74 Å². The Bertz CT molecular complexity index is 1040. The maximum absolute atomic E-state index is 5.49. The van der Waals surface area contributed by atoms with Gasteiger partial charge in [-0.05, 0) is 44.0 Å². The van der Waals surface area contributed by atoms with Crippen LogP contribution in [0.3, 0.4) is 0 Å². The summed E-state index contributed by atoms with van der Waals surface area (Å²) in [5, 5.41) is 10.4. The maximum Gasteiger partial charge on any atom is 0.224 e. The second kappa shape index (κ2) is 9.70. The zero-order valence-electron chi connectivity index (χ0n) is 18.7. The van der Waals surface area contributed by atoms with Gasteiger partial charge in [-0.3, -0.25) is 0 Å². The fourth-order valence-corrected chi connectivity index (χ4v) is 4.30. The van der Waals surface area contributed by atoms with E-state index in [-0.39, 0.29) is 0 Å². The first-order chi connectivity index (χ1) is 15.8. The van der Waals surface area contributed by atoms with Crippen molar-refractivity contribution in [2.24, 2.45) is 0 Å². The van der Waals surface area contributed by atoms with Gasteiger partial charge in [-0.1, -0.05) is 6.92 Å². The molecule has 0 radical (unpaired) electrons. The molecule has 2 fully saturated rings. The Morgan fingerprint density at radius 3 is 2.94 bits per heavy atom. The minimum atomic E-state index is 0.341. The average Bonchev–Trinajstić information content (AvgIpc) is 3.27. The number of nitrogens with zero attached hydrogens (tertiary/aromatic N) is 4. The SMILES string of the molecule is CCCNc1ncc(-c2nc3ccc(N4CCOCC4)cc3[nH]2)c(N[C@H]2CCCNC2)n1. The van der Waals surface area contributed by atoms with Gasteiger partial charge in [0.1, 0.15) is 11.6 Å². The van der Waals surface area contributed by atoms with Crippen molar-refractivity contribution in [2.45, 2.75) is 32.2 Å². The molecule has 0 bridgehead atoms. The summed E-state index contributed by atoms with van der Waals surface area (Å²) < 4.78 is 5.49. The molecule has 9 heteroatoms. The van der Waals surface area contributed by atoms with Crippen LogP contribution in [-0.4, -0.2) is 71.9 Å². The zero-order valence-corrected chi connectivity index (χ0v) is 18.7. The number of H-pyrrole nitrogens is 1. The lowest BCUT2D eigenvalue weighted by Crippen LogP contribution is -2.38. The first-order valence-corrected chi connectivity index (χ1v) is 11.7. The summed E-state index contributed by atoms with van der Waals surface area (Å²) in [4.78, 5) is 20.1. The molecule has 4 heterocycles. The molecule has 9 nitrogen and oxygen atoms in total. The molecular weight excluding hydrogens is 404 g/mol. The van der Waals surface area contributed by atoms with Crippen molar-refractivity contribution in [1.29, 1.82) is 0 Å². The van der Waals surface area contributed by atoms with Crippen LogP contribution in [0, 0.1) is 0 Å². The molecule has 0 aliphatic carbocycles. The lowest BCUT2D eigenvalue weighted by atomic mass is 10.1. The normalized spacial score (nSPS) is 19.3. The second-order valence-corrected chi connectivity index (χ2v) is 8.46. The number of anilines is 3. The first-order valence-electron chi connectivity index (χ1n) is 11.7. The number of hydrogen-bond donors (Lipinski definition) is 4. The lowest BCUT2D eigenvalue weighted by Gasteiger charge is -2.28. The van der Waals surface area contributed by atoms with Crippen molar-refractivity contribution < 1.29 is 4.74 Å². The number of aromatic amines is 1. The van der Waals surface area contributed by atoms with Crippen molar-refractivity contribution in [3.63, 3.8) is 0 Å². The van der Waals surface area contributed by atoms with Crippen molar-refractivity contribution >= 4 is 28.5 Å². The molecule has 170 valence electrons. The summed E-state index contributed by atoms with van der Waals surface area (Å²) in [5.41, 5.74) is 4.04. The smallest absolute Gasteiger partial charge is 0.224 e. The molecule has 1 atom stereocenters. The minimum absolute atomic E-state index is 0.341. The van der Waals surface area contributed by atoms with Gasteiger partial charge in [0, 0.05) is 44.1 Å². The van der Waals surface area contributed by atoms with Crippen LogP contribution in [0.2, 0.25) is 0 Å². The van der Waals surface area contributed by atoms with E-state index in [0.29, 0.717) is 12.0 Å². The molecule has 2 saturated heterocycles. The number of rotatable bonds is 7. The van der Waals surface area contributed by atoms with E-state index in [2.05, 4.69) is 55.9 Å². The predicted molar refractivity (Wildman–Crippen MR) is 128 cm³/mol. The van der Waals surface area contributed by atoms with Crippen LogP contribution in [0.15, 0.2) is 24.4 Å². The van der Waals surface area contributed by atoms with Gasteiger partial charge in [0.2, 0.25) is 5.95 Å². The van der Waals surface area contributed by atoms with Crippen LogP contribution in [0.4, 0.5) is 17.5 Å². The predicted octanol–water partition coefficient (Wildman–Crippen LogP) is 2.84. The van der Waals surface area contributed by atoms with E-state index in [9.17, 15) is 0 Å². The van der Waals surface area contributed by atoms with Gasteiger partial charge in [0.05, 0.1) is 29.8 Å². The Morgan fingerprint density at radius 1 is 1.22 bits per heavy atom. The van der Waals surface area contributed by atoms with Gasteiger partial charge >= 0.3 is 0 Å². The quantitative estimate of drug-likeness (QED) is 0.448. The highest BCUT2D eigenvalue weighted by Crippen LogP contribution is 2.29. The first kappa shape index (κ1) is 21.0. The van der Waals surface area contributed by atoms with Gasteiger partial charge in [-0.15, -0.1) is 0 Å². The number of aromatic nitrogens is 4. The fraction of sp³-hybridized carbons (Fsp3) is 0.522. The van der Waals surface area contributed by atoms with Gasteiger partial charge in [0.15, 0.2) is 0 Å². The molecule has 0 unspecified atom stereocenters. The molecule has 0 saturated carbocycles. The third-order valence-corrected chi connectivity index (χ3v) is 6.06. The third kappa shape index (κ3) is 4.63. The van der Waals surface area contributed by atoms with Gasteiger partial charge in [0.25, 0.3) is 0 Å². The number of morpholine rings is 1. The zero-order chi connectivity index (χ0) is 21.8. The summed E-state index contributed by atoms with van der Waals surface area (Å²) in [6, 6.07) is 6.73. The van der Waals surface area contributed by atoms with Crippen LogP contribution in [0.5, 0.6) is 0 Å². The number of hydrogen-bond acceptors (Lipinski definition) is 8. The van der Waals surface area contributed by atoms with E-state index >= 15 is 0 Å². The largest absolute Gasteiger partial charge is 0.378 e. The van der Waals surface area contributed by atoms with Crippen LogP contribution >= 0.6 is 0 Å². The Morgan fingerprint density at radius 2 is 2.12 bits per heavy atom. The molecule has 2 aromatic heterocycles. The summed E-state index contributed by atoms with van der Waals surface area (Å²) in [7, 11) is 0. The number of piperidine rings is 1. The number of imidazole rings is 1. The van der Waals surface area contributed by atoms with Crippen LogP contribution < -0.4 is 20.9 Å². The summed E-state index contributed by atoms with van der Waals surface area (Å²) >= 11 is 0. The number of ether oxygens (including phenoxy) is 1. The lowest BCUT2D eigenvalue weighted by molar-refractivity contribution is 0.122. The standard InChI is InChI=1S/C23H32N8O/c1-2-7-25-23-26-15-18(21(30-23)27-16-4-3-8-24-14-16)22-28-19-6-5-17(13-20(19)29-22)31-9-11-32-12-10-31/h5-6,13,15-16,24H,2-4,7-12,14H2,1H3,(H,28,29)(H2,25,26,27,30)/t16-/m0/s1. The van der Waals surface area contributed by atoms with Crippen molar-refractivity contribution in [2.75, 3.05) is 61.5 Å². The minimum Gasteiger partial charge on any atom is -0.378 e.